The van der Waals surface area contributed by atoms with Crippen LogP contribution >= 0.6 is 0 Å². The van der Waals surface area contributed by atoms with E-state index in [2.05, 4.69) is 6.58 Å². The Morgan fingerprint density at radius 2 is 1.76 bits per heavy atom. The lowest BCUT2D eigenvalue weighted by Crippen LogP contribution is -2.50. The zero-order valence-corrected chi connectivity index (χ0v) is 14.8. The number of amides is 2. The predicted molar refractivity (Wildman–Crippen MR) is 95.6 cm³/mol. The van der Waals surface area contributed by atoms with Crippen LogP contribution in [0.5, 0.6) is 5.75 Å². The van der Waals surface area contributed by atoms with Crippen LogP contribution in [0.3, 0.4) is 0 Å². The molecule has 0 radical (unpaired) electrons. The molecule has 1 heterocycles. The Labute approximate surface area is 149 Å². The topological polar surface area (TPSA) is 59.1 Å². The van der Waals surface area contributed by atoms with Gasteiger partial charge in [0, 0.05) is 32.6 Å². The Morgan fingerprint density at radius 1 is 1.12 bits per heavy atom. The smallest absolute Gasteiger partial charge is 0.410 e. The molecule has 0 spiro atoms. The third-order valence-electron chi connectivity index (χ3n) is 4.04. The number of nitrogens with zero attached hydrogens (tertiary/aromatic N) is 2. The van der Waals surface area contributed by atoms with Crippen LogP contribution in [0.25, 0.3) is 0 Å². The summed E-state index contributed by atoms with van der Waals surface area (Å²) in [7, 11) is 0. The number of benzene rings is 1. The SMILES string of the molecule is C=CCOC(=O)N1CCN(C(=O)CCCOc2ccc(C)cc2)CC1. The summed E-state index contributed by atoms with van der Waals surface area (Å²) >= 11 is 0. The summed E-state index contributed by atoms with van der Waals surface area (Å²) in [5.41, 5.74) is 1.19. The first-order chi connectivity index (χ1) is 12.1. The van der Waals surface area contributed by atoms with Gasteiger partial charge in [0.25, 0.3) is 0 Å². The van der Waals surface area contributed by atoms with Crippen LogP contribution in [-0.4, -0.2) is 61.2 Å². The van der Waals surface area contributed by atoms with Gasteiger partial charge < -0.3 is 19.3 Å². The van der Waals surface area contributed by atoms with E-state index in [-0.39, 0.29) is 18.6 Å². The Kier molecular flexibility index (Phi) is 7.32. The molecular weight excluding hydrogens is 320 g/mol. The molecule has 0 bridgehead atoms. The fraction of sp³-hybridized carbons (Fsp3) is 0.474. The number of ether oxygens (including phenoxy) is 2. The Bertz CT molecular complexity index is 578. The molecule has 25 heavy (non-hydrogen) atoms. The van der Waals surface area contributed by atoms with Crippen LogP contribution in [0, 0.1) is 6.92 Å². The maximum atomic E-state index is 12.2. The molecule has 0 N–H and O–H groups in total. The Balaban J connectivity index is 1.62. The van der Waals surface area contributed by atoms with Gasteiger partial charge in [-0.25, -0.2) is 4.79 Å². The van der Waals surface area contributed by atoms with Crippen LogP contribution in [-0.2, 0) is 9.53 Å². The summed E-state index contributed by atoms with van der Waals surface area (Å²) in [4.78, 5) is 27.4. The Morgan fingerprint density at radius 3 is 2.40 bits per heavy atom. The maximum absolute atomic E-state index is 12.2. The first-order valence-corrected chi connectivity index (χ1v) is 8.60. The molecule has 1 aromatic carbocycles. The highest BCUT2D eigenvalue weighted by Crippen LogP contribution is 2.12. The third kappa shape index (κ3) is 6.14. The van der Waals surface area contributed by atoms with Crippen molar-refractivity contribution in [1.29, 1.82) is 0 Å². The van der Waals surface area contributed by atoms with Crippen molar-refractivity contribution in [1.82, 2.24) is 9.80 Å². The van der Waals surface area contributed by atoms with E-state index >= 15 is 0 Å². The normalized spacial score (nSPS) is 14.1. The largest absolute Gasteiger partial charge is 0.494 e. The lowest BCUT2D eigenvalue weighted by Gasteiger charge is -2.34. The minimum absolute atomic E-state index is 0.103. The number of carbonyl (C=O) groups is 2. The summed E-state index contributed by atoms with van der Waals surface area (Å²) in [6, 6.07) is 7.86. The van der Waals surface area contributed by atoms with Gasteiger partial charge in [0.05, 0.1) is 6.61 Å². The van der Waals surface area contributed by atoms with E-state index in [1.807, 2.05) is 31.2 Å². The van der Waals surface area contributed by atoms with Gasteiger partial charge >= 0.3 is 6.09 Å². The van der Waals surface area contributed by atoms with Gasteiger partial charge in [-0.05, 0) is 25.5 Å². The van der Waals surface area contributed by atoms with Gasteiger partial charge in [0.2, 0.25) is 5.91 Å². The van der Waals surface area contributed by atoms with Gasteiger partial charge in [-0.1, -0.05) is 30.4 Å². The predicted octanol–water partition coefficient (Wildman–Crippen LogP) is 2.62. The average Bonchev–Trinajstić information content (AvgIpc) is 2.64. The van der Waals surface area contributed by atoms with Gasteiger partial charge in [0.15, 0.2) is 0 Å². The number of hydrogen-bond donors (Lipinski definition) is 0. The minimum atomic E-state index is -0.349. The summed E-state index contributed by atoms with van der Waals surface area (Å²) in [5, 5.41) is 0. The summed E-state index contributed by atoms with van der Waals surface area (Å²) in [6.07, 6.45) is 2.32. The molecule has 1 aliphatic heterocycles. The van der Waals surface area contributed by atoms with E-state index in [1.165, 1.54) is 11.6 Å². The highest BCUT2D eigenvalue weighted by atomic mass is 16.6. The molecule has 2 rings (SSSR count). The van der Waals surface area contributed by atoms with Crippen LogP contribution in [0.1, 0.15) is 18.4 Å². The minimum Gasteiger partial charge on any atom is -0.494 e. The second-order valence-electron chi connectivity index (χ2n) is 6.00. The molecular formula is C19H26N2O4. The van der Waals surface area contributed by atoms with Crippen LogP contribution in [0.2, 0.25) is 0 Å². The molecule has 1 fully saturated rings. The van der Waals surface area contributed by atoms with Crippen molar-refractivity contribution in [2.24, 2.45) is 0 Å². The first kappa shape index (κ1) is 18.8. The third-order valence-corrected chi connectivity index (χ3v) is 4.04. The van der Waals surface area contributed by atoms with Crippen molar-refractivity contribution in [3.63, 3.8) is 0 Å². The summed E-state index contributed by atoms with van der Waals surface area (Å²) in [5.74, 6) is 0.927. The second kappa shape index (κ2) is 9.71. The number of piperazine rings is 1. The highest BCUT2D eigenvalue weighted by Gasteiger charge is 2.24. The Hall–Kier alpha value is -2.50. The van der Waals surface area contributed by atoms with Gasteiger partial charge in [-0.2, -0.15) is 0 Å². The lowest BCUT2D eigenvalue weighted by atomic mass is 10.2. The monoisotopic (exact) mass is 346 g/mol. The van der Waals surface area contributed by atoms with Crippen molar-refractivity contribution in [2.45, 2.75) is 19.8 Å². The number of aryl methyl sites for hydroxylation is 1. The van der Waals surface area contributed by atoms with E-state index in [0.717, 1.165) is 5.75 Å². The molecule has 1 aromatic rings. The number of rotatable bonds is 7. The molecule has 1 aliphatic rings. The zero-order valence-electron chi connectivity index (χ0n) is 14.8. The fourth-order valence-electron chi connectivity index (χ4n) is 2.57. The molecule has 2 amide bonds. The van der Waals surface area contributed by atoms with Crippen LogP contribution < -0.4 is 4.74 Å². The molecule has 0 unspecified atom stereocenters. The molecule has 6 nitrogen and oxygen atoms in total. The molecule has 6 heteroatoms. The first-order valence-electron chi connectivity index (χ1n) is 8.60. The van der Waals surface area contributed by atoms with Crippen molar-refractivity contribution in [2.75, 3.05) is 39.4 Å². The summed E-state index contributed by atoms with van der Waals surface area (Å²) < 4.78 is 10.6. The molecule has 0 saturated carbocycles. The second-order valence-corrected chi connectivity index (χ2v) is 6.00. The van der Waals surface area contributed by atoms with E-state index in [9.17, 15) is 9.59 Å². The van der Waals surface area contributed by atoms with Crippen molar-refractivity contribution in [3.05, 3.63) is 42.5 Å². The van der Waals surface area contributed by atoms with E-state index < -0.39 is 0 Å². The quantitative estimate of drug-likeness (QED) is 0.562. The molecule has 0 aromatic heterocycles. The van der Waals surface area contributed by atoms with Gasteiger partial charge in [0.1, 0.15) is 12.4 Å². The fourth-order valence-corrected chi connectivity index (χ4v) is 2.57. The van der Waals surface area contributed by atoms with E-state index in [1.54, 1.807) is 9.80 Å². The standard InChI is InChI=1S/C19H26N2O4/c1-3-14-25-19(23)21-12-10-20(11-13-21)18(22)5-4-15-24-17-8-6-16(2)7-9-17/h3,6-9H,1,4-5,10-15H2,2H3. The average molecular weight is 346 g/mol. The summed E-state index contributed by atoms with van der Waals surface area (Å²) in [6.45, 7) is 8.35. The maximum Gasteiger partial charge on any atom is 0.410 e. The molecule has 1 saturated heterocycles. The zero-order chi connectivity index (χ0) is 18.1. The van der Waals surface area contributed by atoms with Crippen LogP contribution in [0.4, 0.5) is 4.79 Å². The van der Waals surface area contributed by atoms with Crippen molar-refractivity contribution >= 4 is 12.0 Å². The number of hydrogen-bond acceptors (Lipinski definition) is 4. The van der Waals surface area contributed by atoms with Crippen molar-refractivity contribution < 1.29 is 19.1 Å². The van der Waals surface area contributed by atoms with Gasteiger partial charge in [-0.3, -0.25) is 4.79 Å². The van der Waals surface area contributed by atoms with E-state index in [0.29, 0.717) is 45.6 Å². The number of carbonyl (C=O) groups excluding carboxylic acids is 2. The molecule has 136 valence electrons. The highest BCUT2D eigenvalue weighted by molar-refractivity contribution is 5.76. The lowest BCUT2D eigenvalue weighted by molar-refractivity contribution is -0.133. The van der Waals surface area contributed by atoms with Gasteiger partial charge in [-0.15, -0.1) is 0 Å². The van der Waals surface area contributed by atoms with Crippen molar-refractivity contribution in [3.8, 4) is 5.75 Å². The molecule has 0 atom stereocenters. The molecule has 0 aliphatic carbocycles. The van der Waals surface area contributed by atoms with E-state index in [4.69, 9.17) is 9.47 Å². The van der Waals surface area contributed by atoms with Crippen LogP contribution in [0.15, 0.2) is 36.9 Å².